The molecule has 0 N–H and O–H groups in total. The summed E-state index contributed by atoms with van der Waals surface area (Å²) in [5.41, 5.74) is 1.38. The maximum Gasteiger partial charge on any atom is 0.341 e. The maximum atomic E-state index is 12.1. The molecule has 0 amide bonds. The lowest BCUT2D eigenvalue weighted by Crippen LogP contribution is -2.10. The van der Waals surface area contributed by atoms with Gasteiger partial charge in [-0.05, 0) is 26.0 Å². The quantitative estimate of drug-likeness (QED) is 0.764. The minimum atomic E-state index is -0.480. The number of benzene rings is 1. The Kier molecular flexibility index (Phi) is 5.30. The van der Waals surface area contributed by atoms with E-state index in [0.29, 0.717) is 23.6 Å². The molecule has 0 bridgehead atoms. The monoisotopic (exact) mass is 302 g/mol. The molecule has 0 radical (unpaired) electrons. The summed E-state index contributed by atoms with van der Waals surface area (Å²) in [5.74, 6) is 0.126. The molecule has 0 unspecified atom stereocenters. The summed E-state index contributed by atoms with van der Waals surface area (Å²) in [7, 11) is 1.56. The minimum Gasteiger partial charge on any atom is -0.496 e. The zero-order chi connectivity index (χ0) is 15.9. The van der Waals surface area contributed by atoms with Gasteiger partial charge in [-0.15, -0.1) is 0 Å². The Hall–Kier alpha value is -2.63. The van der Waals surface area contributed by atoms with Crippen LogP contribution in [-0.2, 0) is 4.74 Å². The lowest BCUT2D eigenvalue weighted by Gasteiger charge is -2.12. The Bertz CT molecular complexity index is 658. The number of carbonyl (C=O) groups is 1. The topological polar surface area (TPSA) is 70.5 Å². The molecule has 0 saturated heterocycles. The van der Waals surface area contributed by atoms with E-state index < -0.39 is 5.97 Å². The van der Waals surface area contributed by atoms with Crippen LogP contribution in [0.5, 0.6) is 11.8 Å². The molecule has 0 aliphatic heterocycles. The van der Waals surface area contributed by atoms with Gasteiger partial charge in [-0.1, -0.05) is 12.1 Å². The minimum absolute atomic E-state index is 0.205. The van der Waals surface area contributed by atoms with E-state index in [4.69, 9.17) is 14.2 Å². The Labute approximate surface area is 129 Å². The van der Waals surface area contributed by atoms with Crippen molar-refractivity contribution >= 4 is 5.97 Å². The van der Waals surface area contributed by atoms with E-state index in [1.165, 1.54) is 6.20 Å². The highest BCUT2D eigenvalue weighted by molar-refractivity contribution is 5.96. The number of carbonyl (C=O) groups excluding carboxylic acids is 1. The highest BCUT2D eigenvalue weighted by Crippen LogP contribution is 2.31. The molecule has 0 saturated carbocycles. The molecule has 6 nitrogen and oxygen atoms in total. The van der Waals surface area contributed by atoms with Gasteiger partial charge in [0.2, 0.25) is 0 Å². The normalized spacial score (nSPS) is 10.1. The molecule has 0 atom stereocenters. The largest absolute Gasteiger partial charge is 0.496 e. The Morgan fingerprint density at radius 1 is 1.18 bits per heavy atom. The molecule has 2 aromatic rings. The van der Waals surface area contributed by atoms with Crippen LogP contribution in [0.4, 0.5) is 0 Å². The number of esters is 1. The first-order valence-electron chi connectivity index (χ1n) is 7.01. The van der Waals surface area contributed by atoms with Crippen LogP contribution in [0.3, 0.4) is 0 Å². The van der Waals surface area contributed by atoms with Crippen molar-refractivity contribution in [3.05, 3.63) is 36.0 Å². The molecule has 2 rings (SSSR count). The van der Waals surface area contributed by atoms with Gasteiger partial charge in [0, 0.05) is 11.8 Å². The number of rotatable bonds is 6. The zero-order valence-corrected chi connectivity index (χ0v) is 12.8. The van der Waals surface area contributed by atoms with Gasteiger partial charge in [-0.2, -0.15) is 4.98 Å². The highest BCUT2D eigenvalue weighted by atomic mass is 16.5. The molecule has 0 aliphatic carbocycles. The van der Waals surface area contributed by atoms with E-state index >= 15 is 0 Å². The predicted molar refractivity (Wildman–Crippen MR) is 81.1 cm³/mol. The van der Waals surface area contributed by atoms with Gasteiger partial charge in [0.25, 0.3) is 0 Å². The molecule has 22 heavy (non-hydrogen) atoms. The van der Waals surface area contributed by atoms with Gasteiger partial charge in [0.1, 0.15) is 11.3 Å². The second kappa shape index (κ2) is 7.40. The molecule has 1 aromatic carbocycles. The molecular formula is C16H18N2O4. The molecule has 0 fully saturated rings. The first kappa shape index (κ1) is 15.8. The summed E-state index contributed by atoms with van der Waals surface area (Å²) in [6, 6.07) is 7.51. The Morgan fingerprint density at radius 2 is 1.95 bits per heavy atom. The van der Waals surface area contributed by atoms with Crippen molar-refractivity contribution in [2.75, 3.05) is 20.3 Å². The first-order chi connectivity index (χ1) is 10.7. The van der Waals surface area contributed by atoms with Crippen LogP contribution in [0.15, 0.2) is 30.5 Å². The fraction of sp³-hybridized carbons (Fsp3) is 0.312. The highest BCUT2D eigenvalue weighted by Gasteiger charge is 2.20. The summed E-state index contributed by atoms with van der Waals surface area (Å²) < 4.78 is 15.7. The molecular weight excluding hydrogens is 284 g/mol. The van der Waals surface area contributed by atoms with Gasteiger partial charge in [0.05, 0.1) is 26.0 Å². The zero-order valence-electron chi connectivity index (χ0n) is 12.8. The van der Waals surface area contributed by atoms with E-state index in [1.54, 1.807) is 20.1 Å². The summed E-state index contributed by atoms with van der Waals surface area (Å²) in [5, 5.41) is 0. The van der Waals surface area contributed by atoms with Crippen molar-refractivity contribution in [1.29, 1.82) is 0 Å². The van der Waals surface area contributed by atoms with Crippen LogP contribution >= 0.6 is 0 Å². The van der Waals surface area contributed by atoms with E-state index in [1.807, 2.05) is 25.1 Å². The van der Waals surface area contributed by atoms with Crippen LogP contribution in [-0.4, -0.2) is 36.3 Å². The molecule has 116 valence electrons. The molecule has 1 heterocycles. The fourth-order valence-electron chi connectivity index (χ4n) is 1.97. The molecule has 0 aliphatic rings. The number of para-hydroxylation sites is 1. The average molecular weight is 302 g/mol. The van der Waals surface area contributed by atoms with E-state index in [9.17, 15) is 4.79 Å². The van der Waals surface area contributed by atoms with Crippen molar-refractivity contribution in [1.82, 2.24) is 9.97 Å². The SMILES string of the molecule is CCOC(=O)c1cnc(OCC)nc1-c1ccccc1OC. The summed E-state index contributed by atoms with van der Waals surface area (Å²) in [6.45, 7) is 4.29. The second-order valence-electron chi connectivity index (χ2n) is 4.27. The lowest BCUT2D eigenvalue weighted by molar-refractivity contribution is 0.0526. The maximum absolute atomic E-state index is 12.1. The first-order valence-corrected chi connectivity index (χ1v) is 7.01. The number of hydrogen-bond donors (Lipinski definition) is 0. The van der Waals surface area contributed by atoms with Gasteiger partial charge in [-0.3, -0.25) is 0 Å². The van der Waals surface area contributed by atoms with Crippen molar-refractivity contribution in [3.63, 3.8) is 0 Å². The molecule has 1 aromatic heterocycles. The number of aromatic nitrogens is 2. The van der Waals surface area contributed by atoms with Crippen LogP contribution in [0.2, 0.25) is 0 Å². The van der Waals surface area contributed by atoms with Crippen LogP contribution in [0.1, 0.15) is 24.2 Å². The Morgan fingerprint density at radius 3 is 2.64 bits per heavy atom. The third-order valence-electron chi connectivity index (χ3n) is 2.90. The van der Waals surface area contributed by atoms with Crippen LogP contribution < -0.4 is 9.47 Å². The van der Waals surface area contributed by atoms with E-state index in [2.05, 4.69) is 9.97 Å². The van der Waals surface area contributed by atoms with Gasteiger partial charge < -0.3 is 14.2 Å². The van der Waals surface area contributed by atoms with Crippen LogP contribution in [0.25, 0.3) is 11.3 Å². The number of methoxy groups -OCH3 is 1. The van der Waals surface area contributed by atoms with Crippen LogP contribution in [0, 0.1) is 0 Å². The molecule has 6 heteroatoms. The standard InChI is InChI=1S/C16H18N2O4/c1-4-21-15(19)12-10-17-16(22-5-2)18-14(12)11-8-6-7-9-13(11)20-3/h6-10H,4-5H2,1-3H3. The number of nitrogens with zero attached hydrogens (tertiary/aromatic N) is 2. The smallest absolute Gasteiger partial charge is 0.341 e. The number of ether oxygens (including phenoxy) is 3. The Balaban J connectivity index is 2.58. The van der Waals surface area contributed by atoms with Gasteiger partial charge in [0.15, 0.2) is 0 Å². The molecule has 0 spiro atoms. The van der Waals surface area contributed by atoms with Crippen molar-refractivity contribution in [2.45, 2.75) is 13.8 Å². The lowest BCUT2D eigenvalue weighted by atomic mass is 10.1. The summed E-state index contributed by atoms with van der Waals surface area (Å²) in [6.07, 6.45) is 1.41. The van der Waals surface area contributed by atoms with Crippen molar-refractivity contribution in [2.24, 2.45) is 0 Å². The van der Waals surface area contributed by atoms with Crippen molar-refractivity contribution in [3.8, 4) is 23.0 Å². The third kappa shape index (κ3) is 3.33. The third-order valence-corrected chi connectivity index (χ3v) is 2.90. The van der Waals surface area contributed by atoms with E-state index in [-0.39, 0.29) is 18.2 Å². The second-order valence-corrected chi connectivity index (χ2v) is 4.27. The van der Waals surface area contributed by atoms with Gasteiger partial charge >= 0.3 is 12.0 Å². The average Bonchev–Trinajstić information content (AvgIpc) is 2.55. The predicted octanol–water partition coefficient (Wildman–Crippen LogP) is 2.73. The summed E-state index contributed by atoms with van der Waals surface area (Å²) in [4.78, 5) is 20.5. The number of hydrogen-bond acceptors (Lipinski definition) is 6. The van der Waals surface area contributed by atoms with E-state index in [0.717, 1.165) is 0 Å². The summed E-state index contributed by atoms with van der Waals surface area (Å²) >= 11 is 0. The van der Waals surface area contributed by atoms with Crippen molar-refractivity contribution < 1.29 is 19.0 Å². The fourth-order valence-corrected chi connectivity index (χ4v) is 1.97. The van der Waals surface area contributed by atoms with Gasteiger partial charge in [-0.25, -0.2) is 9.78 Å².